The lowest BCUT2D eigenvalue weighted by Gasteiger charge is -2.69. The van der Waals surface area contributed by atoms with Crippen molar-refractivity contribution in [2.24, 2.45) is 28.6 Å². The minimum absolute atomic E-state index is 0.0700. The van der Waals surface area contributed by atoms with Crippen molar-refractivity contribution in [3.05, 3.63) is 0 Å². The number of carbonyl (C=O) groups excluding carboxylic acids is 2. The quantitative estimate of drug-likeness (QED) is 0.501. The van der Waals surface area contributed by atoms with Crippen LogP contribution in [0, 0.1) is 28.6 Å². The van der Waals surface area contributed by atoms with Crippen LogP contribution in [0.4, 0.5) is 0 Å². The van der Waals surface area contributed by atoms with Gasteiger partial charge in [0.05, 0.1) is 18.6 Å². The van der Waals surface area contributed by atoms with Gasteiger partial charge in [-0.15, -0.1) is 0 Å². The van der Waals surface area contributed by atoms with Crippen LogP contribution in [0.15, 0.2) is 0 Å². The third-order valence-electron chi connectivity index (χ3n) is 8.75. The van der Waals surface area contributed by atoms with Gasteiger partial charge in [0.2, 0.25) is 0 Å². The molecule has 0 heterocycles. The van der Waals surface area contributed by atoms with Crippen LogP contribution in [-0.4, -0.2) is 32.8 Å². The fourth-order valence-electron chi connectivity index (χ4n) is 6.07. The largest absolute Gasteiger partial charge is 0.469 e. The summed E-state index contributed by atoms with van der Waals surface area (Å²) in [5.41, 5.74) is -0.875. The molecule has 3 aliphatic carbocycles. The van der Waals surface area contributed by atoms with Gasteiger partial charge in [0.1, 0.15) is 5.78 Å². The molecule has 4 nitrogen and oxygen atoms in total. The lowest BCUT2D eigenvalue weighted by Crippen LogP contribution is -2.74. The van der Waals surface area contributed by atoms with Crippen molar-refractivity contribution in [1.29, 1.82) is 0 Å². The third kappa shape index (κ3) is 2.71. The summed E-state index contributed by atoms with van der Waals surface area (Å²) in [6, 6.07) is 0. The van der Waals surface area contributed by atoms with Gasteiger partial charge in [-0.05, 0) is 49.7 Å². The number of hydrogen-bond acceptors (Lipinski definition) is 4. The Balaban J connectivity index is 2.04. The highest BCUT2D eigenvalue weighted by Crippen LogP contribution is 2.72. The molecular weight excluding hydrogens is 356 g/mol. The number of ketones is 1. The van der Waals surface area contributed by atoms with Crippen LogP contribution in [-0.2, 0) is 18.8 Å². The molecule has 3 rings (SSSR count). The van der Waals surface area contributed by atoms with Gasteiger partial charge in [-0.2, -0.15) is 0 Å². The molecule has 0 aromatic rings. The van der Waals surface area contributed by atoms with E-state index in [4.69, 9.17) is 9.16 Å². The average molecular weight is 395 g/mol. The van der Waals surface area contributed by atoms with Gasteiger partial charge in [-0.1, -0.05) is 41.5 Å². The van der Waals surface area contributed by atoms with E-state index in [2.05, 4.69) is 54.6 Å². The van der Waals surface area contributed by atoms with E-state index in [9.17, 15) is 9.59 Å². The zero-order valence-corrected chi connectivity index (χ0v) is 19.7. The summed E-state index contributed by atoms with van der Waals surface area (Å²) in [4.78, 5) is 25.6. The summed E-state index contributed by atoms with van der Waals surface area (Å²) in [6.45, 7) is 17.7. The number of Topliss-reactive ketones (excluding diaryl/α,β-unsaturated/α-hetero) is 1. The van der Waals surface area contributed by atoms with E-state index in [-0.39, 0.29) is 33.7 Å². The second kappa shape index (κ2) is 5.91. The Morgan fingerprint density at radius 3 is 2.26 bits per heavy atom. The zero-order chi connectivity index (χ0) is 20.6. The molecule has 0 spiro atoms. The van der Waals surface area contributed by atoms with Crippen LogP contribution in [0.1, 0.15) is 67.2 Å². The molecule has 0 aromatic heterocycles. The molecule has 3 aliphatic rings. The second-order valence-corrected chi connectivity index (χ2v) is 16.4. The number of ether oxygens (including phenoxy) is 1. The first kappa shape index (κ1) is 21.0. The number of rotatable bonds is 3. The first-order valence-corrected chi connectivity index (χ1v) is 13.4. The fraction of sp³-hybridized carbons (Fsp3) is 0.909. The number of fused-ring (bicyclic) bond motifs is 3. The maximum absolute atomic E-state index is 13.0. The average Bonchev–Trinajstić information content (AvgIpc) is 2.76. The highest BCUT2D eigenvalue weighted by Gasteiger charge is 2.75. The smallest absolute Gasteiger partial charge is 0.311 e. The molecule has 154 valence electrons. The minimum atomic E-state index is -2.09. The number of methoxy groups -OCH3 is 1. The molecule has 3 saturated carbocycles. The van der Waals surface area contributed by atoms with E-state index in [1.165, 1.54) is 7.11 Å². The minimum Gasteiger partial charge on any atom is -0.469 e. The van der Waals surface area contributed by atoms with Crippen molar-refractivity contribution >= 4 is 20.1 Å². The van der Waals surface area contributed by atoms with Crippen LogP contribution in [0.5, 0.6) is 0 Å². The Bertz CT molecular complexity index is 662. The van der Waals surface area contributed by atoms with E-state index in [1.807, 2.05) is 0 Å². The third-order valence-corrected chi connectivity index (χ3v) is 13.2. The van der Waals surface area contributed by atoms with Gasteiger partial charge in [-0.25, -0.2) is 0 Å². The van der Waals surface area contributed by atoms with Crippen LogP contribution in [0.2, 0.25) is 18.1 Å². The van der Waals surface area contributed by atoms with Gasteiger partial charge in [0.25, 0.3) is 0 Å². The van der Waals surface area contributed by atoms with Gasteiger partial charge in [0.15, 0.2) is 8.32 Å². The predicted molar refractivity (Wildman–Crippen MR) is 109 cm³/mol. The molecule has 0 aliphatic heterocycles. The first-order valence-electron chi connectivity index (χ1n) is 10.5. The zero-order valence-electron chi connectivity index (χ0n) is 18.7. The summed E-state index contributed by atoms with van der Waals surface area (Å²) in [6.07, 6.45) is 3.31. The molecule has 27 heavy (non-hydrogen) atoms. The second-order valence-electron chi connectivity index (χ2n) is 11.7. The maximum atomic E-state index is 13.0. The Morgan fingerprint density at radius 1 is 1.15 bits per heavy atom. The summed E-state index contributed by atoms with van der Waals surface area (Å²) < 4.78 is 12.3. The molecule has 5 atom stereocenters. The molecule has 0 bridgehead atoms. The maximum Gasteiger partial charge on any atom is 0.311 e. The Labute approximate surface area is 165 Å². The highest BCUT2D eigenvalue weighted by atomic mass is 28.4. The van der Waals surface area contributed by atoms with E-state index < -0.39 is 13.9 Å². The molecule has 0 radical (unpaired) electrons. The molecule has 0 N–H and O–H groups in total. The SMILES string of the molecule is COC(=O)[C@H]1C[C@@]2(C)[C@@H]3CC(C)(C)C(=O)[C@@H]3CC[C@@]12O[Si](C)(C)C(C)(C)C. The monoisotopic (exact) mass is 394 g/mol. The molecular formula is C22H38O4Si. The van der Waals surface area contributed by atoms with Gasteiger partial charge >= 0.3 is 5.97 Å². The van der Waals surface area contributed by atoms with Crippen molar-refractivity contribution in [3.8, 4) is 0 Å². The fourth-order valence-corrected chi connectivity index (χ4v) is 7.76. The number of hydrogen-bond donors (Lipinski definition) is 0. The van der Waals surface area contributed by atoms with Crippen LogP contribution in [0.25, 0.3) is 0 Å². The number of esters is 1. The van der Waals surface area contributed by atoms with Crippen molar-refractivity contribution in [3.63, 3.8) is 0 Å². The Morgan fingerprint density at radius 2 is 1.74 bits per heavy atom. The van der Waals surface area contributed by atoms with E-state index >= 15 is 0 Å². The Hall–Kier alpha value is -0.683. The molecule has 3 fully saturated rings. The van der Waals surface area contributed by atoms with Crippen LogP contribution >= 0.6 is 0 Å². The molecule has 0 unspecified atom stereocenters. The lowest BCUT2D eigenvalue weighted by atomic mass is 9.41. The van der Waals surface area contributed by atoms with E-state index in [1.54, 1.807) is 0 Å². The predicted octanol–water partition coefficient (Wildman–Crippen LogP) is 4.97. The van der Waals surface area contributed by atoms with Crippen molar-refractivity contribution in [1.82, 2.24) is 0 Å². The number of carbonyl (C=O) groups is 2. The van der Waals surface area contributed by atoms with Crippen molar-refractivity contribution in [2.75, 3.05) is 7.11 Å². The Kier molecular flexibility index (Phi) is 4.61. The standard InChI is InChI=1S/C22H38O4Si/c1-19(2,3)27(8,9)26-22-11-10-14-15(12-20(4,5)17(14)23)21(22,6)13-16(22)18(24)25-7/h14-16H,10-13H2,1-9H3/t14-,15-,16-,21+,22-/m1/s1. The van der Waals surface area contributed by atoms with Crippen molar-refractivity contribution in [2.45, 2.75) is 91.0 Å². The first-order chi connectivity index (χ1) is 12.1. The molecule has 0 aromatic carbocycles. The van der Waals surface area contributed by atoms with Crippen LogP contribution in [0.3, 0.4) is 0 Å². The van der Waals surface area contributed by atoms with E-state index in [0.717, 1.165) is 25.7 Å². The van der Waals surface area contributed by atoms with Gasteiger partial charge < -0.3 is 9.16 Å². The van der Waals surface area contributed by atoms with E-state index in [0.29, 0.717) is 11.7 Å². The summed E-state index contributed by atoms with van der Waals surface area (Å²) >= 11 is 0. The highest BCUT2D eigenvalue weighted by molar-refractivity contribution is 6.74. The van der Waals surface area contributed by atoms with Gasteiger partial charge in [0, 0.05) is 16.7 Å². The van der Waals surface area contributed by atoms with Gasteiger partial charge in [-0.3, -0.25) is 9.59 Å². The molecule has 5 heteroatoms. The normalized spacial score (nSPS) is 40.8. The summed E-state index contributed by atoms with van der Waals surface area (Å²) in [7, 11) is -0.614. The summed E-state index contributed by atoms with van der Waals surface area (Å²) in [5, 5.41) is 0.0700. The topological polar surface area (TPSA) is 52.6 Å². The molecule has 0 amide bonds. The lowest BCUT2D eigenvalue weighted by molar-refractivity contribution is -0.253. The molecule has 0 saturated heterocycles. The summed E-state index contributed by atoms with van der Waals surface area (Å²) in [5.74, 6) is 0.491. The van der Waals surface area contributed by atoms with Crippen LogP contribution < -0.4 is 0 Å². The van der Waals surface area contributed by atoms with Crippen molar-refractivity contribution < 1.29 is 18.8 Å².